The lowest BCUT2D eigenvalue weighted by atomic mass is 10.2. The lowest BCUT2D eigenvalue weighted by Crippen LogP contribution is -2.23. The van der Waals surface area contributed by atoms with Gasteiger partial charge in [0.05, 0.1) is 15.8 Å². The Kier molecular flexibility index (Phi) is 5.22. The largest absolute Gasteiger partial charge is 0.392 e. The first-order valence-corrected chi connectivity index (χ1v) is 9.02. The molecule has 2 aromatic rings. The summed E-state index contributed by atoms with van der Waals surface area (Å²) in [6.45, 7) is 0.0496. The van der Waals surface area contributed by atoms with Crippen molar-refractivity contribution in [2.45, 2.75) is 18.0 Å². The van der Waals surface area contributed by atoms with Gasteiger partial charge in [-0.25, -0.2) is 13.1 Å². The molecule has 0 atom stereocenters. The predicted molar refractivity (Wildman–Crippen MR) is 83.4 cm³/mol. The minimum absolute atomic E-state index is 0.136. The van der Waals surface area contributed by atoms with Crippen molar-refractivity contribution in [2.75, 3.05) is 0 Å². The van der Waals surface area contributed by atoms with E-state index < -0.39 is 10.0 Å². The van der Waals surface area contributed by atoms with Gasteiger partial charge in [-0.1, -0.05) is 17.7 Å². The minimum Gasteiger partial charge on any atom is -0.392 e. The number of hydrogen-bond donors (Lipinski definition) is 2. The predicted octanol–water partition coefficient (Wildman–Crippen LogP) is 3.13. The molecular weight excluding hydrogens is 386 g/mol. The van der Waals surface area contributed by atoms with E-state index in [9.17, 15) is 8.42 Å². The Bertz CT molecular complexity index is 715. The summed E-state index contributed by atoms with van der Waals surface area (Å²) in [6, 6.07) is 8.11. The van der Waals surface area contributed by atoms with Gasteiger partial charge in [0, 0.05) is 15.9 Å². The molecule has 0 fully saturated rings. The van der Waals surface area contributed by atoms with E-state index in [1.807, 2.05) is 0 Å². The van der Waals surface area contributed by atoms with Crippen molar-refractivity contribution in [3.8, 4) is 0 Å². The molecule has 1 aromatic carbocycles. The molecule has 0 amide bonds. The zero-order valence-electron chi connectivity index (χ0n) is 10.1. The number of aliphatic hydroxyl groups is 1. The summed E-state index contributed by atoms with van der Waals surface area (Å²) >= 11 is 10.3. The van der Waals surface area contributed by atoms with E-state index in [4.69, 9.17) is 16.7 Å². The lowest BCUT2D eigenvalue weighted by molar-refractivity contribution is 0.281. The van der Waals surface area contributed by atoms with Gasteiger partial charge < -0.3 is 5.11 Å². The molecule has 0 bridgehead atoms. The van der Waals surface area contributed by atoms with Crippen molar-refractivity contribution >= 4 is 48.9 Å². The molecule has 108 valence electrons. The van der Waals surface area contributed by atoms with Gasteiger partial charge in [0.25, 0.3) is 0 Å². The van der Waals surface area contributed by atoms with Crippen molar-refractivity contribution in [1.82, 2.24) is 4.72 Å². The highest BCUT2D eigenvalue weighted by molar-refractivity contribution is 9.10. The fourth-order valence-corrected chi connectivity index (χ4v) is 4.80. The van der Waals surface area contributed by atoms with Gasteiger partial charge in [-0.15, -0.1) is 11.3 Å². The van der Waals surface area contributed by atoms with Gasteiger partial charge in [0.1, 0.15) is 0 Å². The second-order valence-electron chi connectivity index (χ2n) is 3.95. The van der Waals surface area contributed by atoms with E-state index in [1.165, 1.54) is 17.4 Å². The molecule has 8 heteroatoms. The maximum Gasteiger partial charge on any atom is 0.242 e. The molecule has 4 nitrogen and oxygen atoms in total. The number of nitrogens with one attached hydrogen (secondary N) is 1. The van der Waals surface area contributed by atoms with Crippen LogP contribution in [0.15, 0.2) is 39.7 Å². The van der Waals surface area contributed by atoms with Crippen molar-refractivity contribution in [3.63, 3.8) is 0 Å². The molecule has 0 aliphatic heterocycles. The highest BCUT2D eigenvalue weighted by atomic mass is 79.9. The van der Waals surface area contributed by atoms with Gasteiger partial charge in [0.15, 0.2) is 0 Å². The molecule has 0 aliphatic carbocycles. The molecular formula is C12H11BrClNO3S2. The monoisotopic (exact) mass is 395 g/mol. The molecule has 0 saturated heterocycles. The van der Waals surface area contributed by atoms with E-state index in [0.717, 1.165) is 4.88 Å². The maximum absolute atomic E-state index is 12.2. The summed E-state index contributed by atoms with van der Waals surface area (Å²) in [7, 11) is -3.62. The fourth-order valence-electron chi connectivity index (χ4n) is 1.55. The second kappa shape index (κ2) is 6.55. The van der Waals surface area contributed by atoms with Crippen LogP contribution in [0.5, 0.6) is 0 Å². The second-order valence-corrected chi connectivity index (χ2v) is 8.34. The van der Waals surface area contributed by atoms with Crippen LogP contribution in [0.1, 0.15) is 10.4 Å². The highest BCUT2D eigenvalue weighted by Crippen LogP contribution is 2.25. The first kappa shape index (κ1) is 15.9. The van der Waals surface area contributed by atoms with Gasteiger partial charge in [0.2, 0.25) is 10.0 Å². The van der Waals surface area contributed by atoms with Gasteiger partial charge in [-0.05, 0) is 45.8 Å². The first-order chi connectivity index (χ1) is 9.42. The van der Waals surface area contributed by atoms with Crippen LogP contribution in [0.3, 0.4) is 0 Å². The summed E-state index contributed by atoms with van der Waals surface area (Å²) in [4.78, 5) is 0.971. The van der Waals surface area contributed by atoms with Crippen LogP contribution >= 0.6 is 38.9 Å². The minimum atomic E-state index is -3.62. The molecule has 2 rings (SSSR count). The molecule has 0 radical (unpaired) electrons. The van der Waals surface area contributed by atoms with E-state index >= 15 is 0 Å². The van der Waals surface area contributed by atoms with Crippen LogP contribution in [-0.4, -0.2) is 13.5 Å². The Hall–Kier alpha value is -0.440. The first-order valence-electron chi connectivity index (χ1n) is 5.55. The SMILES string of the molecule is O=S(=O)(NCc1ccc(Cl)s1)c1ccc(CO)cc1Br. The van der Waals surface area contributed by atoms with E-state index in [2.05, 4.69) is 20.7 Å². The summed E-state index contributed by atoms with van der Waals surface area (Å²) < 4.78 is 28.0. The zero-order chi connectivity index (χ0) is 14.8. The zero-order valence-corrected chi connectivity index (χ0v) is 14.1. The van der Waals surface area contributed by atoms with Crippen LogP contribution in [0.4, 0.5) is 0 Å². The van der Waals surface area contributed by atoms with Crippen LogP contribution < -0.4 is 4.72 Å². The molecule has 20 heavy (non-hydrogen) atoms. The summed E-state index contributed by atoms with van der Waals surface area (Å²) in [5.74, 6) is 0. The Morgan fingerprint density at radius 3 is 2.60 bits per heavy atom. The molecule has 0 saturated carbocycles. The van der Waals surface area contributed by atoms with Crippen molar-refractivity contribution in [2.24, 2.45) is 0 Å². The Labute approximate surface area is 134 Å². The van der Waals surface area contributed by atoms with Gasteiger partial charge >= 0.3 is 0 Å². The number of sulfonamides is 1. The Morgan fingerprint density at radius 1 is 1.30 bits per heavy atom. The third-order valence-electron chi connectivity index (χ3n) is 2.53. The van der Waals surface area contributed by atoms with Crippen LogP contribution in [0, 0.1) is 0 Å². The summed E-state index contributed by atoms with van der Waals surface area (Å²) in [5.41, 5.74) is 0.640. The standard InChI is InChI=1S/C12H11BrClNO3S2/c13-10-5-8(7-16)1-3-11(10)20(17,18)15-6-9-2-4-12(14)19-9/h1-5,15-16H,6-7H2. The topological polar surface area (TPSA) is 66.4 Å². The van der Waals surface area contributed by atoms with Gasteiger partial charge in [-0.2, -0.15) is 0 Å². The highest BCUT2D eigenvalue weighted by Gasteiger charge is 2.17. The fraction of sp³-hybridized carbons (Fsp3) is 0.167. The number of hydrogen-bond acceptors (Lipinski definition) is 4. The normalized spacial score (nSPS) is 11.8. The van der Waals surface area contributed by atoms with Crippen LogP contribution in [0.25, 0.3) is 0 Å². The van der Waals surface area contributed by atoms with Crippen molar-refractivity contribution in [3.05, 3.63) is 49.6 Å². The molecule has 1 heterocycles. The average molecular weight is 397 g/mol. The molecule has 1 aromatic heterocycles. The average Bonchev–Trinajstić information content (AvgIpc) is 2.82. The number of halogens is 2. The van der Waals surface area contributed by atoms with Crippen molar-refractivity contribution in [1.29, 1.82) is 0 Å². The number of thiophene rings is 1. The quantitative estimate of drug-likeness (QED) is 0.816. The van der Waals surface area contributed by atoms with E-state index in [-0.39, 0.29) is 18.0 Å². The van der Waals surface area contributed by atoms with Crippen LogP contribution in [0.2, 0.25) is 4.34 Å². The molecule has 0 spiro atoms. The number of rotatable bonds is 5. The third kappa shape index (κ3) is 3.81. The molecule has 0 unspecified atom stereocenters. The Balaban J connectivity index is 2.18. The smallest absolute Gasteiger partial charge is 0.242 e. The van der Waals surface area contributed by atoms with Crippen LogP contribution in [-0.2, 0) is 23.2 Å². The molecule has 2 N–H and O–H groups in total. The summed E-state index contributed by atoms with van der Waals surface area (Å²) in [6.07, 6.45) is 0. The molecule has 0 aliphatic rings. The van der Waals surface area contributed by atoms with Gasteiger partial charge in [-0.3, -0.25) is 0 Å². The third-order valence-corrected chi connectivity index (χ3v) is 6.14. The Morgan fingerprint density at radius 2 is 2.05 bits per heavy atom. The van der Waals surface area contributed by atoms with E-state index in [0.29, 0.717) is 14.4 Å². The maximum atomic E-state index is 12.2. The van der Waals surface area contributed by atoms with E-state index in [1.54, 1.807) is 24.3 Å². The lowest BCUT2D eigenvalue weighted by Gasteiger charge is -2.08. The van der Waals surface area contributed by atoms with Crippen molar-refractivity contribution < 1.29 is 13.5 Å². The summed E-state index contributed by atoms with van der Waals surface area (Å²) in [5, 5.41) is 9.01. The number of aliphatic hydroxyl groups excluding tert-OH is 1. The number of benzene rings is 1.